The number of aliphatic hydroxyl groups is 1. The SMILES string of the molecule is CCO.COC(=O)[C@H]1N[C@]2(C(=O)Nc3ccccc32)[C@@H](C(=O)c2ccccc2)[C@@H]1c1ccccc1. The van der Waals surface area contributed by atoms with Crippen molar-refractivity contribution in [2.75, 3.05) is 19.0 Å². The maximum atomic E-state index is 14.0. The number of benzene rings is 3. The third-order valence-electron chi connectivity index (χ3n) is 6.51. The summed E-state index contributed by atoms with van der Waals surface area (Å²) in [6.07, 6.45) is 0. The summed E-state index contributed by atoms with van der Waals surface area (Å²) < 4.78 is 5.10. The zero-order chi connectivity index (χ0) is 25.0. The van der Waals surface area contributed by atoms with E-state index >= 15 is 0 Å². The molecule has 0 aromatic heterocycles. The number of methoxy groups -OCH3 is 1. The topological polar surface area (TPSA) is 105 Å². The molecule has 2 heterocycles. The number of ether oxygens (including phenoxy) is 1. The molecular weight excluding hydrogens is 444 g/mol. The minimum atomic E-state index is -1.40. The Morgan fingerprint density at radius 3 is 2.14 bits per heavy atom. The highest BCUT2D eigenvalue weighted by Crippen LogP contribution is 2.53. The molecule has 1 amide bonds. The summed E-state index contributed by atoms with van der Waals surface area (Å²) in [5.41, 5.74) is 1.17. The summed E-state index contributed by atoms with van der Waals surface area (Å²) >= 11 is 0. The second-order valence-corrected chi connectivity index (χ2v) is 8.41. The fraction of sp³-hybridized carbons (Fsp3) is 0.250. The third-order valence-corrected chi connectivity index (χ3v) is 6.51. The molecule has 1 spiro atoms. The average Bonchev–Trinajstić information content (AvgIpc) is 3.40. The Morgan fingerprint density at radius 1 is 0.943 bits per heavy atom. The van der Waals surface area contributed by atoms with Crippen LogP contribution in [0.25, 0.3) is 0 Å². The normalized spacial score (nSPS) is 24.2. The van der Waals surface area contributed by atoms with E-state index in [4.69, 9.17) is 9.84 Å². The van der Waals surface area contributed by atoms with E-state index in [-0.39, 0.29) is 18.3 Å². The van der Waals surface area contributed by atoms with Crippen molar-refractivity contribution >= 4 is 23.3 Å². The fourth-order valence-electron chi connectivity index (χ4n) is 5.15. The molecule has 7 heteroatoms. The highest BCUT2D eigenvalue weighted by atomic mass is 16.5. The van der Waals surface area contributed by atoms with Crippen molar-refractivity contribution in [3.8, 4) is 0 Å². The standard InChI is InChI=1S/C26H22N2O4.C2H6O/c1-32-24(30)22-20(16-10-4-2-5-11-16)21(23(29)17-12-6-3-7-13-17)26(28-22)18-14-8-9-15-19(18)27-25(26)31;1-2-3/h2-15,20-22,28H,1H3,(H,27,31);3H,2H2,1H3/t20-,21+,22-,26-;/m0./s1. The van der Waals surface area contributed by atoms with Gasteiger partial charge in [0.05, 0.1) is 13.0 Å². The number of carbonyl (C=O) groups excluding carboxylic acids is 3. The molecule has 35 heavy (non-hydrogen) atoms. The second-order valence-electron chi connectivity index (χ2n) is 8.41. The van der Waals surface area contributed by atoms with Gasteiger partial charge >= 0.3 is 5.97 Å². The van der Waals surface area contributed by atoms with Crippen LogP contribution in [0.4, 0.5) is 5.69 Å². The lowest BCUT2D eigenvalue weighted by molar-refractivity contribution is -0.143. The second kappa shape index (κ2) is 10.2. The molecule has 0 radical (unpaired) electrons. The van der Waals surface area contributed by atoms with E-state index in [9.17, 15) is 14.4 Å². The summed E-state index contributed by atoms with van der Waals surface area (Å²) in [4.78, 5) is 40.5. The molecule has 7 nitrogen and oxygen atoms in total. The molecule has 0 saturated carbocycles. The molecule has 2 aliphatic rings. The van der Waals surface area contributed by atoms with E-state index in [0.717, 1.165) is 5.56 Å². The summed E-state index contributed by atoms with van der Waals surface area (Å²) in [6, 6.07) is 24.7. The van der Waals surface area contributed by atoms with Crippen LogP contribution in [0.15, 0.2) is 84.9 Å². The van der Waals surface area contributed by atoms with Crippen LogP contribution in [0.1, 0.15) is 34.3 Å². The van der Waals surface area contributed by atoms with Crippen molar-refractivity contribution in [3.05, 3.63) is 102 Å². The predicted molar refractivity (Wildman–Crippen MR) is 132 cm³/mol. The largest absolute Gasteiger partial charge is 0.468 e. The molecule has 1 fully saturated rings. The van der Waals surface area contributed by atoms with Crippen LogP contribution in [-0.4, -0.2) is 42.5 Å². The van der Waals surface area contributed by atoms with Gasteiger partial charge in [0.1, 0.15) is 11.6 Å². The van der Waals surface area contributed by atoms with Crippen molar-refractivity contribution in [1.82, 2.24) is 5.32 Å². The Bertz CT molecular complexity index is 1210. The highest BCUT2D eigenvalue weighted by molar-refractivity contribution is 6.13. The number of rotatable bonds is 4. The van der Waals surface area contributed by atoms with Gasteiger partial charge in [-0.05, 0) is 18.6 Å². The number of hydrogen-bond donors (Lipinski definition) is 3. The van der Waals surface area contributed by atoms with E-state index in [1.165, 1.54) is 7.11 Å². The Labute approximate surface area is 204 Å². The van der Waals surface area contributed by atoms with Gasteiger partial charge in [0, 0.05) is 29.3 Å². The maximum Gasteiger partial charge on any atom is 0.323 e. The quantitative estimate of drug-likeness (QED) is 0.398. The van der Waals surface area contributed by atoms with E-state index < -0.39 is 29.4 Å². The zero-order valence-corrected chi connectivity index (χ0v) is 19.6. The number of hydrogen-bond acceptors (Lipinski definition) is 6. The molecule has 2 aliphatic heterocycles. The number of ketones is 1. The van der Waals surface area contributed by atoms with Crippen LogP contribution >= 0.6 is 0 Å². The van der Waals surface area contributed by atoms with Crippen LogP contribution in [0.2, 0.25) is 0 Å². The van der Waals surface area contributed by atoms with Crippen molar-refractivity contribution < 1.29 is 24.2 Å². The first kappa shape index (κ1) is 24.3. The van der Waals surface area contributed by atoms with Gasteiger partial charge in [-0.3, -0.25) is 19.7 Å². The monoisotopic (exact) mass is 472 g/mol. The van der Waals surface area contributed by atoms with Gasteiger partial charge < -0.3 is 15.2 Å². The molecule has 3 N–H and O–H groups in total. The van der Waals surface area contributed by atoms with E-state index in [0.29, 0.717) is 16.8 Å². The number of esters is 1. The zero-order valence-electron chi connectivity index (χ0n) is 19.6. The lowest BCUT2D eigenvalue weighted by Gasteiger charge is -2.31. The Morgan fingerprint density at radius 2 is 1.51 bits per heavy atom. The molecule has 4 atom stereocenters. The summed E-state index contributed by atoms with van der Waals surface area (Å²) in [7, 11) is 1.31. The first-order chi connectivity index (χ1) is 17.0. The number of anilines is 1. The number of fused-ring (bicyclic) bond motifs is 2. The molecule has 5 rings (SSSR count). The number of Topliss-reactive ketones (excluding diaryl/α,β-unsaturated/α-hetero) is 1. The van der Waals surface area contributed by atoms with Crippen molar-refractivity contribution in [2.45, 2.75) is 24.4 Å². The first-order valence-electron chi connectivity index (χ1n) is 11.5. The minimum absolute atomic E-state index is 0.204. The lowest BCUT2D eigenvalue weighted by atomic mass is 9.69. The van der Waals surface area contributed by atoms with Crippen LogP contribution in [0.3, 0.4) is 0 Å². The number of nitrogens with one attached hydrogen (secondary N) is 2. The molecule has 3 aromatic rings. The predicted octanol–water partition coefficient (Wildman–Crippen LogP) is 3.26. The van der Waals surface area contributed by atoms with Gasteiger partial charge in [0.25, 0.3) is 0 Å². The van der Waals surface area contributed by atoms with Crippen LogP contribution < -0.4 is 10.6 Å². The molecule has 180 valence electrons. The lowest BCUT2D eigenvalue weighted by Crippen LogP contribution is -2.52. The van der Waals surface area contributed by atoms with E-state index in [1.807, 2.05) is 54.6 Å². The van der Waals surface area contributed by atoms with Gasteiger partial charge in [-0.25, -0.2) is 0 Å². The van der Waals surface area contributed by atoms with Crippen molar-refractivity contribution in [3.63, 3.8) is 0 Å². The van der Waals surface area contributed by atoms with Gasteiger partial charge in [-0.2, -0.15) is 0 Å². The van der Waals surface area contributed by atoms with Gasteiger partial charge in [-0.1, -0.05) is 78.9 Å². The van der Waals surface area contributed by atoms with Gasteiger partial charge in [0.15, 0.2) is 5.78 Å². The molecule has 1 saturated heterocycles. The number of para-hydroxylation sites is 1. The van der Waals surface area contributed by atoms with Crippen molar-refractivity contribution in [2.24, 2.45) is 5.92 Å². The summed E-state index contributed by atoms with van der Waals surface area (Å²) in [5.74, 6) is -2.53. The maximum absolute atomic E-state index is 14.0. The molecule has 0 aliphatic carbocycles. The summed E-state index contributed by atoms with van der Waals surface area (Å²) in [6.45, 7) is 1.93. The average molecular weight is 473 g/mol. The van der Waals surface area contributed by atoms with E-state index in [1.54, 1.807) is 37.3 Å². The van der Waals surface area contributed by atoms with Gasteiger partial charge in [0.2, 0.25) is 5.91 Å². The van der Waals surface area contributed by atoms with Crippen LogP contribution in [-0.2, 0) is 19.9 Å². The van der Waals surface area contributed by atoms with Crippen LogP contribution in [0.5, 0.6) is 0 Å². The molecule has 3 aromatic carbocycles. The van der Waals surface area contributed by atoms with E-state index in [2.05, 4.69) is 10.6 Å². The number of aliphatic hydroxyl groups excluding tert-OH is 1. The molecular formula is C28H28N2O5. The minimum Gasteiger partial charge on any atom is -0.468 e. The Hall–Kier alpha value is -3.81. The summed E-state index contributed by atoms with van der Waals surface area (Å²) in [5, 5.41) is 13.7. The fourth-order valence-corrected chi connectivity index (χ4v) is 5.15. The Balaban J connectivity index is 0.000000917. The molecule has 0 bridgehead atoms. The third kappa shape index (κ3) is 4.13. The smallest absolute Gasteiger partial charge is 0.323 e. The Kier molecular flexibility index (Phi) is 7.10. The van der Waals surface area contributed by atoms with Crippen molar-refractivity contribution in [1.29, 1.82) is 0 Å². The molecule has 0 unspecified atom stereocenters. The number of carbonyl (C=O) groups is 3. The highest BCUT2D eigenvalue weighted by Gasteiger charge is 2.66. The van der Waals surface area contributed by atoms with Crippen LogP contribution in [0, 0.1) is 5.92 Å². The number of amides is 1. The van der Waals surface area contributed by atoms with Gasteiger partial charge in [-0.15, -0.1) is 0 Å². The first-order valence-corrected chi connectivity index (χ1v) is 11.5.